The quantitative estimate of drug-likeness (QED) is 0.235. The van der Waals surface area contributed by atoms with Crippen molar-refractivity contribution in [2.45, 2.75) is 27.7 Å². The maximum Gasteiger partial charge on any atom is 0.286 e. The second-order valence-electron chi connectivity index (χ2n) is 7.48. The smallest absolute Gasteiger partial charge is 0.286 e. The summed E-state index contributed by atoms with van der Waals surface area (Å²) >= 11 is 12.4. The highest BCUT2D eigenvalue weighted by Gasteiger charge is 2.26. The molecular formula is C22H18Cl2N6O4. The largest absolute Gasteiger partial charge is 0.539 e. The fraction of sp³-hybridized carbons (Fsp3) is 0.182. The monoisotopic (exact) mass is 500 g/mol. The Kier molecular flexibility index (Phi) is 6.36. The first-order valence-electron chi connectivity index (χ1n) is 9.98. The zero-order valence-corrected chi connectivity index (χ0v) is 20.0. The van der Waals surface area contributed by atoms with Gasteiger partial charge >= 0.3 is 0 Å². The van der Waals surface area contributed by atoms with Crippen LogP contribution in [-0.2, 0) is 0 Å². The summed E-state index contributed by atoms with van der Waals surface area (Å²) in [6.07, 6.45) is 0. The van der Waals surface area contributed by atoms with Crippen molar-refractivity contribution in [1.82, 2.24) is 10.5 Å². The Morgan fingerprint density at radius 2 is 1.15 bits per heavy atom. The lowest BCUT2D eigenvalue weighted by atomic mass is 10.2. The number of hydrogen-bond donors (Lipinski definition) is 0. The molecule has 0 aliphatic rings. The van der Waals surface area contributed by atoms with Crippen molar-refractivity contribution in [3.8, 4) is 23.3 Å². The van der Waals surface area contributed by atoms with Crippen molar-refractivity contribution in [2.24, 2.45) is 10.2 Å². The third-order valence-corrected chi connectivity index (χ3v) is 5.87. The zero-order chi connectivity index (χ0) is 24.6. The van der Waals surface area contributed by atoms with Gasteiger partial charge < -0.3 is 19.3 Å². The second kappa shape index (κ2) is 9.24. The van der Waals surface area contributed by atoms with Crippen molar-refractivity contribution in [2.75, 3.05) is 0 Å². The normalized spacial score (nSPS) is 12.4. The van der Waals surface area contributed by atoms with Gasteiger partial charge in [0.2, 0.25) is 11.4 Å². The van der Waals surface area contributed by atoms with Crippen LogP contribution in [0.15, 0.2) is 55.6 Å². The number of benzene rings is 2. The van der Waals surface area contributed by atoms with Crippen LogP contribution in [0.25, 0.3) is 11.4 Å². The van der Waals surface area contributed by atoms with Crippen LogP contribution in [0.1, 0.15) is 36.4 Å². The van der Waals surface area contributed by atoms with Crippen LogP contribution in [0.2, 0.25) is 10.0 Å². The standard InChI is InChI=1S/C22H18Cl2N6O4/c1-11-5-7-15(9-17(11)23)29-19(21(31)33-27-29)13(3)25-26-14(4)20-22(32)34-28-30(20)16-8-6-12(2)18(24)10-16/h5-10H,1-4H3. The Labute approximate surface area is 203 Å². The molecule has 2 aromatic carbocycles. The van der Waals surface area contributed by atoms with Crippen molar-refractivity contribution < 1.29 is 28.6 Å². The summed E-state index contributed by atoms with van der Waals surface area (Å²) in [5, 5.41) is 41.5. The topological polar surface area (TPSA) is 131 Å². The molecule has 2 aromatic heterocycles. The number of aromatic nitrogens is 4. The molecule has 0 amide bonds. The van der Waals surface area contributed by atoms with Crippen molar-refractivity contribution >= 4 is 34.6 Å². The summed E-state index contributed by atoms with van der Waals surface area (Å²) in [5.74, 6) is -1.41. The lowest BCUT2D eigenvalue weighted by Crippen LogP contribution is -2.39. The third-order valence-electron chi connectivity index (χ3n) is 5.06. The van der Waals surface area contributed by atoms with E-state index in [9.17, 15) is 10.2 Å². The van der Waals surface area contributed by atoms with Gasteiger partial charge in [0.1, 0.15) is 11.4 Å². The average molecular weight is 501 g/mol. The Morgan fingerprint density at radius 1 is 0.765 bits per heavy atom. The number of nitrogens with zero attached hydrogens (tertiary/aromatic N) is 6. The number of aryl methyl sites for hydroxylation is 2. The van der Waals surface area contributed by atoms with Gasteiger partial charge in [0.15, 0.2) is 11.9 Å². The average Bonchev–Trinajstić information content (AvgIpc) is 3.38. The van der Waals surface area contributed by atoms with Crippen molar-refractivity contribution in [3.63, 3.8) is 0 Å². The summed E-state index contributed by atoms with van der Waals surface area (Å²) in [4.78, 5) is 0. The Bertz CT molecular complexity index is 1350. The molecule has 0 spiro atoms. The SMILES string of the molecule is C/C(=N\N=C(/C)c1c([O-])on[n+]1-c1ccc(C)c(Cl)c1)c1c([O-])on[n+]1-c1ccc(C)c(Cl)c1. The van der Waals surface area contributed by atoms with Gasteiger partial charge in [0.05, 0.1) is 20.6 Å². The van der Waals surface area contributed by atoms with Crippen LogP contribution in [0.4, 0.5) is 0 Å². The summed E-state index contributed by atoms with van der Waals surface area (Å²) in [6, 6.07) is 10.4. The van der Waals surface area contributed by atoms with Crippen LogP contribution in [0.3, 0.4) is 0 Å². The first-order chi connectivity index (χ1) is 16.2. The molecule has 0 aliphatic heterocycles. The van der Waals surface area contributed by atoms with Gasteiger partial charge in [0, 0.05) is 24.3 Å². The molecule has 0 saturated heterocycles. The van der Waals surface area contributed by atoms with Crippen LogP contribution >= 0.6 is 23.2 Å². The Hall–Kier alpha value is -3.76. The van der Waals surface area contributed by atoms with E-state index < -0.39 is 11.9 Å². The molecule has 10 nitrogen and oxygen atoms in total. The van der Waals surface area contributed by atoms with Crippen molar-refractivity contribution in [1.29, 1.82) is 0 Å². The molecular weight excluding hydrogens is 483 g/mol. The van der Waals surface area contributed by atoms with Crippen LogP contribution in [0, 0.1) is 13.8 Å². The molecule has 0 aliphatic carbocycles. The predicted octanol–water partition coefficient (Wildman–Crippen LogP) is 2.52. The first kappa shape index (κ1) is 23.4. The minimum atomic E-state index is -0.704. The van der Waals surface area contributed by atoms with Gasteiger partial charge in [-0.2, -0.15) is 0 Å². The molecule has 4 rings (SSSR count). The summed E-state index contributed by atoms with van der Waals surface area (Å²) in [5.41, 5.74) is 3.30. The van der Waals surface area contributed by atoms with E-state index in [2.05, 4.69) is 20.7 Å². The highest BCUT2D eigenvalue weighted by Crippen LogP contribution is 2.20. The van der Waals surface area contributed by atoms with Crippen LogP contribution in [0.5, 0.6) is 11.9 Å². The van der Waals surface area contributed by atoms with Crippen molar-refractivity contribution in [3.05, 3.63) is 69.0 Å². The molecule has 12 heteroatoms. The number of rotatable bonds is 5. The minimum Gasteiger partial charge on any atom is -0.539 e. The van der Waals surface area contributed by atoms with E-state index in [4.69, 9.17) is 32.2 Å². The molecule has 0 bridgehead atoms. The molecule has 0 fully saturated rings. The zero-order valence-electron chi connectivity index (χ0n) is 18.5. The molecule has 34 heavy (non-hydrogen) atoms. The maximum absolute atomic E-state index is 12.3. The highest BCUT2D eigenvalue weighted by molar-refractivity contribution is 6.31. The lowest BCUT2D eigenvalue weighted by molar-refractivity contribution is -0.671. The van der Waals surface area contributed by atoms with Gasteiger partial charge in [-0.3, -0.25) is 0 Å². The molecule has 0 radical (unpaired) electrons. The highest BCUT2D eigenvalue weighted by atomic mass is 35.5. The molecule has 0 saturated carbocycles. The third kappa shape index (κ3) is 4.37. The summed E-state index contributed by atoms with van der Waals surface area (Å²) < 4.78 is 12.2. The van der Waals surface area contributed by atoms with E-state index in [0.29, 0.717) is 21.4 Å². The number of halogens is 2. The van der Waals surface area contributed by atoms with E-state index >= 15 is 0 Å². The van der Waals surface area contributed by atoms with E-state index in [-0.39, 0.29) is 22.8 Å². The van der Waals surface area contributed by atoms with E-state index in [1.54, 1.807) is 50.2 Å². The summed E-state index contributed by atoms with van der Waals surface area (Å²) in [7, 11) is 0. The maximum atomic E-state index is 12.3. The molecule has 2 heterocycles. The fourth-order valence-electron chi connectivity index (χ4n) is 3.12. The van der Waals surface area contributed by atoms with Crippen LogP contribution < -0.4 is 19.6 Å². The van der Waals surface area contributed by atoms with Gasteiger partial charge in [-0.05, 0) is 48.2 Å². The fourth-order valence-corrected chi connectivity index (χ4v) is 3.47. The van der Waals surface area contributed by atoms with Gasteiger partial charge in [-0.25, -0.2) is 0 Å². The first-order valence-corrected chi connectivity index (χ1v) is 10.7. The van der Waals surface area contributed by atoms with E-state index in [0.717, 1.165) is 11.1 Å². The Morgan fingerprint density at radius 3 is 1.50 bits per heavy atom. The van der Waals surface area contributed by atoms with Gasteiger partial charge in [-0.15, -0.1) is 10.2 Å². The van der Waals surface area contributed by atoms with E-state index in [1.807, 2.05) is 13.8 Å². The molecule has 0 unspecified atom stereocenters. The molecule has 0 N–H and O–H groups in total. The van der Waals surface area contributed by atoms with Crippen LogP contribution in [-0.4, -0.2) is 22.0 Å². The van der Waals surface area contributed by atoms with Gasteiger partial charge in [0.25, 0.3) is 11.4 Å². The summed E-state index contributed by atoms with van der Waals surface area (Å²) in [6.45, 7) is 6.85. The predicted molar refractivity (Wildman–Crippen MR) is 119 cm³/mol. The minimum absolute atomic E-state index is 0.0577. The molecule has 0 atom stereocenters. The number of hydrogen-bond acceptors (Lipinski definition) is 8. The van der Waals surface area contributed by atoms with Gasteiger partial charge in [-0.1, -0.05) is 35.3 Å². The van der Waals surface area contributed by atoms with E-state index in [1.165, 1.54) is 9.36 Å². The lowest BCUT2D eigenvalue weighted by Gasteiger charge is -2.00. The Balaban J connectivity index is 1.72. The molecule has 174 valence electrons. The second-order valence-corrected chi connectivity index (χ2v) is 8.29. The molecule has 4 aromatic rings.